The second-order valence-electron chi connectivity index (χ2n) is 4.29. The molecule has 0 aliphatic heterocycles. The van der Waals surface area contributed by atoms with Crippen LogP contribution in [0, 0.1) is 13.8 Å². The van der Waals surface area contributed by atoms with Crippen molar-refractivity contribution < 1.29 is 9.90 Å². The number of hydrogen-bond acceptors (Lipinski definition) is 2. The van der Waals surface area contributed by atoms with E-state index in [4.69, 9.17) is 11.6 Å². The monoisotopic (exact) mass is 292 g/mol. The lowest BCUT2D eigenvalue weighted by Gasteiger charge is -2.08. The van der Waals surface area contributed by atoms with E-state index in [0.717, 1.165) is 4.90 Å². The Morgan fingerprint density at radius 2 is 1.84 bits per heavy atom. The van der Waals surface area contributed by atoms with Crippen molar-refractivity contribution in [1.82, 2.24) is 0 Å². The Kier molecular flexibility index (Phi) is 4.17. The van der Waals surface area contributed by atoms with E-state index in [9.17, 15) is 9.90 Å². The highest BCUT2D eigenvalue weighted by atomic mass is 35.5. The zero-order valence-electron chi connectivity index (χ0n) is 10.6. The van der Waals surface area contributed by atoms with Gasteiger partial charge in [0.1, 0.15) is 0 Å². The minimum Gasteiger partial charge on any atom is -0.478 e. The van der Waals surface area contributed by atoms with Crippen LogP contribution in [0.1, 0.15) is 21.5 Å². The number of rotatable bonds is 3. The van der Waals surface area contributed by atoms with E-state index in [-0.39, 0.29) is 5.56 Å². The zero-order valence-corrected chi connectivity index (χ0v) is 12.2. The molecule has 2 nitrogen and oxygen atoms in total. The molecule has 2 aromatic carbocycles. The van der Waals surface area contributed by atoms with E-state index in [1.807, 2.05) is 32.0 Å². The first-order chi connectivity index (χ1) is 8.97. The topological polar surface area (TPSA) is 37.3 Å². The van der Waals surface area contributed by atoms with Crippen LogP contribution in [0.15, 0.2) is 46.2 Å². The minimum absolute atomic E-state index is 0.271. The molecule has 0 atom stereocenters. The Labute approximate surface area is 121 Å². The molecule has 98 valence electrons. The first kappa shape index (κ1) is 14.0. The highest BCUT2D eigenvalue weighted by Gasteiger charge is 2.12. The lowest BCUT2D eigenvalue weighted by molar-refractivity contribution is 0.0693. The molecule has 0 amide bonds. The molecule has 1 N–H and O–H groups in total. The quantitative estimate of drug-likeness (QED) is 0.882. The Balaban J connectivity index is 2.39. The second kappa shape index (κ2) is 5.68. The predicted octanol–water partition coefficient (Wildman–Crippen LogP) is 4.81. The molecule has 19 heavy (non-hydrogen) atoms. The smallest absolute Gasteiger partial charge is 0.336 e. The zero-order chi connectivity index (χ0) is 14.0. The maximum Gasteiger partial charge on any atom is 0.336 e. The van der Waals surface area contributed by atoms with E-state index >= 15 is 0 Å². The number of hydrogen-bond donors (Lipinski definition) is 1. The van der Waals surface area contributed by atoms with Crippen molar-refractivity contribution in [2.45, 2.75) is 23.6 Å². The lowest BCUT2D eigenvalue weighted by atomic mass is 10.1. The number of carboxylic acid groups (broad SMARTS) is 1. The molecule has 2 rings (SSSR count). The summed E-state index contributed by atoms with van der Waals surface area (Å²) in [5, 5.41) is 9.72. The summed E-state index contributed by atoms with van der Waals surface area (Å²) in [4.78, 5) is 12.9. The molecule has 0 aromatic heterocycles. The van der Waals surface area contributed by atoms with E-state index in [2.05, 4.69) is 0 Å². The van der Waals surface area contributed by atoms with Crippen molar-refractivity contribution in [3.63, 3.8) is 0 Å². The number of carboxylic acids is 1. The van der Waals surface area contributed by atoms with Gasteiger partial charge in [-0.3, -0.25) is 0 Å². The summed E-state index contributed by atoms with van der Waals surface area (Å²) in [6.07, 6.45) is 0. The number of halogens is 1. The molecule has 0 aliphatic carbocycles. The Morgan fingerprint density at radius 1 is 1.11 bits per heavy atom. The molecule has 2 aromatic rings. The highest BCUT2D eigenvalue weighted by molar-refractivity contribution is 7.99. The molecule has 0 unspecified atom stereocenters. The third-order valence-electron chi connectivity index (χ3n) is 2.88. The van der Waals surface area contributed by atoms with Gasteiger partial charge in [-0.2, -0.15) is 0 Å². The molecule has 0 radical (unpaired) electrons. The van der Waals surface area contributed by atoms with Gasteiger partial charge in [-0.05, 0) is 55.3 Å². The average Bonchev–Trinajstić information content (AvgIpc) is 2.33. The molecule has 0 aliphatic rings. The minimum atomic E-state index is -0.942. The largest absolute Gasteiger partial charge is 0.478 e. The highest BCUT2D eigenvalue weighted by Crippen LogP contribution is 2.33. The van der Waals surface area contributed by atoms with Gasteiger partial charge in [0, 0.05) is 14.8 Å². The van der Waals surface area contributed by atoms with Crippen LogP contribution < -0.4 is 0 Å². The van der Waals surface area contributed by atoms with Gasteiger partial charge < -0.3 is 5.11 Å². The summed E-state index contributed by atoms with van der Waals surface area (Å²) < 4.78 is 0. The van der Waals surface area contributed by atoms with Gasteiger partial charge in [-0.15, -0.1) is 0 Å². The lowest BCUT2D eigenvalue weighted by Crippen LogP contribution is -1.98. The Hall–Kier alpha value is -1.45. The first-order valence-electron chi connectivity index (χ1n) is 5.75. The van der Waals surface area contributed by atoms with Crippen molar-refractivity contribution >= 4 is 29.3 Å². The summed E-state index contributed by atoms with van der Waals surface area (Å²) in [6, 6.07) is 10.9. The van der Waals surface area contributed by atoms with E-state index in [1.54, 1.807) is 12.1 Å². The fourth-order valence-electron chi connectivity index (χ4n) is 1.66. The van der Waals surface area contributed by atoms with Gasteiger partial charge in [0.25, 0.3) is 0 Å². The van der Waals surface area contributed by atoms with Crippen molar-refractivity contribution in [3.8, 4) is 0 Å². The van der Waals surface area contributed by atoms with Crippen molar-refractivity contribution in [2.75, 3.05) is 0 Å². The average molecular weight is 293 g/mol. The molecule has 0 heterocycles. The van der Waals surface area contributed by atoms with Crippen molar-refractivity contribution in [3.05, 3.63) is 58.1 Å². The van der Waals surface area contributed by atoms with Gasteiger partial charge in [-0.1, -0.05) is 29.4 Å². The SMILES string of the molecule is Cc1ccc(Sc2cc(Cl)ccc2C(=O)O)cc1C. The molecule has 0 saturated carbocycles. The standard InChI is InChI=1S/C15H13ClO2S/c1-9-3-5-12(7-10(9)2)19-14-8-11(16)4-6-13(14)15(17)18/h3-8H,1-2H3,(H,17,18). The second-order valence-corrected chi connectivity index (χ2v) is 5.85. The number of aryl methyl sites for hydroxylation is 2. The van der Waals surface area contributed by atoms with E-state index in [1.165, 1.54) is 29.0 Å². The Morgan fingerprint density at radius 3 is 2.47 bits per heavy atom. The fraction of sp³-hybridized carbons (Fsp3) is 0.133. The Bertz CT molecular complexity index is 638. The van der Waals surface area contributed by atoms with Crippen LogP contribution in [-0.4, -0.2) is 11.1 Å². The summed E-state index contributed by atoms with van der Waals surface area (Å²) >= 11 is 7.35. The fourth-order valence-corrected chi connectivity index (χ4v) is 2.98. The number of benzene rings is 2. The third-order valence-corrected chi connectivity index (χ3v) is 4.16. The molecule has 0 fully saturated rings. The van der Waals surface area contributed by atoms with Gasteiger partial charge in [0.05, 0.1) is 5.56 Å². The summed E-state index contributed by atoms with van der Waals surface area (Å²) in [5.74, 6) is -0.942. The molecule has 0 spiro atoms. The van der Waals surface area contributed by atoms with Gasteiger partial charge in [0.15, 0.2) is 0 Å². The number of carbonyl (C=O) groups is 1. The van der Waals surface area contributed by atoms with Crippen molar-refractivity contribution in [2.24, 2.45) is 0 Å². The predicted molar refractivity (Wildman–Crippen MR) is 78.5 cm³/mol. The van der Waals surface area contributed by atoms with Gasteiger partial charge >= 0.3 is 5.97 Å². The first-order valence-corrected chi connectivity index (χ1v) is 6.95. The maximum atomic E-state index is 11.2. The van der Waals surface area contributed by atoms with Crippen LogP contribution in [0.2, 0.25) is 5.02 Å². The summed E-state index contributed by atoms with van der Waals surface area (Å²) in [6.45, 7) is 4.08. The third kappa shape index (κ3) is 3.31. The maximum absolute atomic E-state index is 11.2. The molecule has 0 saturated heterocycles. The molecular weight excluding hydrogens is 280 g/mol. The summed E-state index contributed by atoms with van der Waals surface area (Å²) in [5.41, 5.74) is 2.67. The number of aromatic carboxylic acids is 1. The van der Waals surface area contributed by atoms with Crippen LogP contribution in [0.25, 0.3) is 0 Å². The normalized spacial score (nSPS) is 10.5. The molecule has 0 bridgehead atoms. The van der Waals surface area contributed by atoms with Crippen LogP contribution in [-0.2, 0) is 0 Å². The van der Waals surface area contributed by atoms with Crippen molar-refractivity contribution in [1.29, 1.82) is 0 Å². The van der Waals surface area contributed by atoms with Gasteiger partial charge in [-0.25, -0.2) is 4.79 Å². The van der Waals surface area contributed by atoms with Crippen LogP contribution in [0.3, 0.4) is 0 Å². The molecule has 4 heteroatoms. The molecular formula is C15H13ClO2S. The van der Waals surface area contributed by atoms with Crippen LogP contribution >= 0.6 is 23.4 Å². The van der Waals surface area contributed by atoms with E-state index in [0.29, 0.717) is 9.92 Å². The summed E-state index contributed by atoms with van der Waals surface area (Å²) in [7, 11) is 0. The van der Waals surface area contributed by atoms with Gasteiger partial charge in [0.2, 0.25) is 0 Å². The van der Waals surface area contributed by atoms with Crippen LogP contribution in [0.5, 0.6) is 0 Å². The van der Waals surface area contributed by atoms with E-state index < -0.39 is 5.97 Å². The van der Waals surface area contributed by atoms with Crippen LogP contribution in [0.4, 0.5) is 0 Å².